The van der Waals surface area contributed by atoms with Crippen LogP contribution >= 0.6 is 0 Å². The summed E-state index contributed by atoms with van der Waals surface area (Å²) in [6.07, 6.45) is 2.83. The average Bonchev–Trinajstić information content (AvgIpc) is 2.74. The molecule has 32 heavy (non-hydrogen) atoms. The van der Waals surface area contributed by atoms with Crippen molar-refractivity contribution in [3.8, 4) is 23.7 Å². The Kier molecular flexibility index (Phi) is 7.74. The summed E-state index contributed by atoms with van der Waals surface area (Å²) in [5, 5.41) is 0. The monoisotopic (exact) mass is 434 g/mol. The van der Waals surface area contributed by atoms with Crippen LogP contribution in [-0.4, -0.2) is 0 Å². The molecule has 0 fully saturated rings. The molecule has 0 aliphatic carbocycles. The summed E-state index contributed by atoms with van der Waals surface area (Å²) in [5.74, 6) is 8.07. The summed E-state index contributed by atoms with van der Waals surface area (Å²) < 4.78 is 56.8. The SMILES string of the molecule is CCCc1cc(F)c(C#Cc2ccc(C#Cc3ccc(CCC)c(F)c3)c(F)c2)c(F)c1. The van der Waals surface area contributed by atoms with E-state index in [4.69, 9.17) is 0 Å². The molecule has 0 bridgehead atoms. The van der Waals surface area contributed by atoms with Gasteiger partial charge in [-0.1, -0.05) is 56.4 Å². The number of hydrogen-bond donors (Lipinski definition) is 0. The molecular weight excluding hydrogens is 412 g/mol. The van der Waals surface area contributed by atoms with E-state index in [1.54, 1.807) is 12.1 Å². The molecule has 0 radical (unpaired) electrons. The minimum Gasteiger partial charge on any atom is -0.207 e. The molecule has 0 aliphatic rings. The first kappa shape index (κ1) is 23.2. The molecule has 0 saturated carbocycles. The summed E-state index contributed by atoms with van der Waals surface area (Å²) in [7, 11) is 0. The fraction of sp³-hybridized carbons (Fsp3) is 0.214. The summed E-state index contributed by atoms with van der Waals surface area (Å²) >= 11 is 0. The molecule has 0 aliphatic heterocycles. The summed E-state index contributed by atoms with van der Waals surface area (Å²) in [5.41, 5.74) is 1.68. The molecule has 0 spiro atoms. The third kappa shape index (κ3) is 5.80. The van der Waals surface area contributed by atoms with Crippen LogP contribution in [0.2, 0.25) is 0 Å². The van der Waals surface area contributed by atoms with E-state index in [2.05, 4.69) is 23.7 Å². The Hall–Kier alpha value is -3.50. The van der Waals surface area contributed by atoms with Crippen LogP contribution in [0.4, 0.5) is 17.6 Å². The standard InChI is InChI=1S/C28H22F4/c1-3-5-21-17-27(31)24(28(32)18-21)14-10-20-9-13-23(26(30)16-20)12-8-19-7-11-22(6-4-2)25(29)15-19/h7,9,11,13,15-18H,3-6H2,1-2H3. The highest BCUT2D eigenvalue weighted by Crippen LogP contribution is 2.17. The van der Waals surface area contributed by atoms with E-state index >= 15 is 0 Å². The van der Waals surface area contributed by atoms with Crippen LogP contribution in [0.1, 0.15) is 60.1 Å². The molecule has 0 amide bonds. The molecule has 0 N–H and O–H groups in total. The smallest absolute Gasteiger partial charge is 0.142 e. The lowest BCUT2D eigenvalue weighted by Crippen LogP contribution is -1.95. The fourth-order valence-electron chi connectivity index (χ4n) is 3.24. The van der Waals surface area contributed by atoms with E-state index < -0.39 is 17.5 Å². The van der Waals surface area contributed by atoms with E-state index in [0.29, 0.717) is 29.5 Å². The van der Waals surface area contributed by atoms with E-state index in [1.807, 2.05) is 13.8 Å². The maximum atomic E-state index is 14.4. The quantitative estimate of drug-likeness (QED) is 0.308. The number of hydrogen-bond acceptors (Lipinski definition) is 0. The van der Waals surface area contributed by atoms with Crippen molar-refractivity contribution in [1.29, 1.82) is 0 Å². The van der Waals surface area contributed by atoms with E-state index in [1.165, 1.54) is 30.3 Å². The largest absolute Gasteiger partial charge is 0.207 e. The van der Waals surface area contributed by atoms with Gasteiger partial charge in [0, 0.05) is 11.1 Å². The first-order chi connectivity index (χ1) is 15.4. The van der Waals surface area contributed by atoms with Crippen LogP contribution in [0.25, 0.3) is 0 Å². The third-order valence-electron chi connectivity index (χ3n) is 4.86. The molecule has 4 heteroatoms. The Labute approximate surface area is 186 Å². The van der Waals surface area contributed by atoms with Gasteiger partial charge < -0.3 is 0 Å². The molecule has 0 aromatic heterocycles. The number of aryl methyl sites for hydroxylation is 2. The van der Waals surface area contributed by atoms with Crippen molar-refractivity contribution >= 4 is 0 Å². The number of benzene rings is 3. The molecule has 162 valence electrons. The zero-order valence-corrected chi connectivity index (χ0v) is 18.0. The Morgan fingerprint density at radius 3 is 1.78 bits per heavy atom. The van der Waals surface area contributed by atoms with Crippen molar-refractivity contribution in [2.24, 2.45) is 0 Å². The first-order valence-electron chi connectivity index (χ1n) is 10.5. The summed E-state index contributed by atoms with van der Waals surface area (Å²) in [6.45, 7) is 3.90. The van der Waals surface area contributed by atoms with E-state index in [9.17, 15) is 17.6 Å². The maximum Gasteiger partial charge on any atom is 0.142 e. The van der Waals surface area contributed by atoms with Gasteiger partial charge in [-0.2, -0.15) is 0 Å². The van der Waals surface area contributed by atoms with Crippen LogP contribution < -0.4 is 0 Å². The van der Waals surface area contributed by atoms with Crippen LogP contribution in [0.5, 0.6) is 0 Å². The van der Waals surface area contributed by atoms with E-state index in [-0.39, 0.29) is 22.5 Å². The molecule has 0 atom stereocenters. The minimum absolute atomic E-state index is 0.120. The lowest BCUT2D eigenvalue weighted by atomic mass is 10.1. The molecule has 3 aromatic carbocycles. The van der Waals surface area contributed by atoms with Crippen LogP contribution in [0.15, 0.2) is 48.5 Å². The lowest BCUT2D eigenvalue weighted by molar-refractivity contribution is 0.573. The third-order valence-corrected chi connectivity index (χ3v) is 4.86. The molecule has 3 aromatic rings. The van der Waals surface area contributed by atoms with Gasteiger partial charge in [-0.3, -0.25) is 0 Å². The average molecular weight is 434 g/mol. The Morgan fingerprint density at radius 1 is 0.594 bits per heavy atom. The van der Waals surface area contributed by atoms with Gasteiger partial charge >= 0.3 is 0 Å². The Balaban J connectivity index is 1.81. The highest BCUT2D eigenvalue weighted by molar-refractivity contribution is 5.49. The van der Waals surface area contributed by atoms with Crippen LogP contribution in [0.3, 0.4) is 0 Å². The van der Waals surface area contributed by atoms with Gasteiger partial charge in [0.15, 0.2) is 0 Å². The topological polar surface area (TPSA) is 0 Å². The lowest BCUT2D eigenvalue weighted by Gasteiger charge is -2.02. The fourth-order valence-corrected chi connectivity index (χ4v) is 3.24. The van der Waals surface area contributed by atoms with Gasteiger partial charge in [0.25, 0.3) is 0 Å². The van der Waals surface area contributed by atoms with Crippen molar-refractivity contribution in [2.45, 2.75) is 39.5 Å². The molecule has 0 saturated heterocycles. The van der Waals surface area contributed by atoms with Gasteiger partial charge in [0.1, 0.15) is 23.3 Å². The normalized spacial score (nSPS) is 10.2. The second kappa shape index (κ2) is 10.7. The van der Waals surface area contributed by atoms with Crippen LogP contribution in [0, 0.1) is 47.0 Å². The molecule has 0 unspecified atom stereocenters. The highest BCUT2D eigenvalue weighted by Gasteiger charge is 2.09. The number of halogens is 4. The molecule has 0 heterocycles. The first-order valence-corrected chi connectivity index (χ1v) is 10.5. The molecule has 3 rings (SSSR count). The highest BCUT2D eigenvalue weighted by atomic mass is 19.1. The van der Waals surface area contributed by atoms with Crippen molar-refractivity contribution in [3.63, 3.8) is 0 Å². The van der Waals surface area contributed by atoms with Gasteiger partial charge in [-0.15, -0.1) is 0 Å². The predicted octanol–water partition coefficient (Wildman–Crippen LogP) is 6.95. The summed E-state index contributed by atoms with van der Waals surface area (Å²) in [4.78, 5) is 0. The second-order valence-electron chi connectivity index (χ2n) is 7.44. The van der Waals surface area contributed by atoms with Crippen molar-refractivity contribution in [1.82, 2.24) is 0 Å². The van der Waals surface area contributed by atoms with Crippen molar-refractivity contribution in [3.05, 3.63) is 105 Å². The summed E-state index contributed by atoms with van der Waals surface area (Å²) in [6, 6.07) is 11.4. The second-order valence-corrected chi connectivity index (χ2v) is 7.44. The minimum atomic E-state index is -0.735. The van der Waals surface area contributed by atoms with Gasteiger partial charge in [-0.05, 0) is 66.4 Å². The Bertz CT molecular complexity index is 1230. The van der Waals surface area contributed by atoms with Crippen LogP contribution in [-0.2, 0) is 12.8 Å². The predicted molar refractivity (Wildman–Crippen MR) is 119 cm³/mol. The molecular formula is C28H22F4. The van der Waals surface area contributed by atoms with Crippen molar-refractivity contribution < 1.29 is 17.6 Å². The van der Waals surface area contributed by atoms with Gasteiger partial charge in [0.2, 0.25) is 0 Å². The number of rotatable bonds is 4. The van der Waals surface area contributed by atoms with Crippen molar-refractivity contribution in [2.75, 3.05) is 0 Å². The molecule has 0 nitrogen and oxygen atoms in total. The van der Waals surface area contributed by atoms with Gasteiger partial charge in [0.05, 0.1) is 11.1 Å². The van der Waals surface area contributed by atoms with Gasteiger partial charge in [-0.25, -0.2) is 17.6 Å². The van der Waals surface area contributed by atoms with E-state index in [0.717, 1.165) is 18.9 Å². The Morgan fingerprint density at radius 2 is 1.19 bits per heavy atom. The zero-order valence-electron chi connectivity index (χ0n) is 18.0. The zero-order chi connectivity index (χ0) is 23.1. The maximum absolute atomic E-state index is 14.4.